The van der Waals surface area contributed by atoms with Gasteiger partial charge in [0.25, 0.3) is 0 Å². The predicted molar refractivity (Wildman–Crippen MR) is 87.2 cm³/mol. The van der Waals surface area contributed by atoms with Gasteiger partial charge in [0.2, 0.25) is 0 Å². The molecule has 116 valence electrons. The molecule has 1 atom stereocenters. The number of benzene rings is 2. The zero-order valence-electron chi connectivity index (χ0n) is 13.3. The molecule has 0 radical (unpaired) electrons. The van der Waals surface area contributed by atoms with Crippen LogP contribution in [0.4, 0.5) is 8.78 Å². The van der Waals surface area contributed by atoms with Crippen molar-refractivity contribution in [2.75, 3.05) is 0 Å². The van der Waals surface area contributed by atoms with Crippen molar-refractivity contribution in [3.05, 3.63) is 58.7 Å². The minimum atomic E-state index is -0.207. The lowest BCUT2D eigenvalue weighted by atomic mass is 9.90. The molecule has 22 heavy (non-hydrogen) atoms. The Bertz CT molecular complexity index is 688. The van der Waals surface area contributed by atoms with E-state index in [1.54, 1.807) is 6.07 Å². The number of fused-ring (bicyclic) bond motifs is 3. The summed E-state index contributed by atoms with van der Waals surface area (Å²) in [6.45, 7) is 4.17. The Labute approximate surface area is 131 Å². The van der Waals surface area contributed by atoms with Gasteiger partial charge in [-0.15, -0.1) is 0 Å². The van der Waals surface area contributed by atoms with Crippen LogP contribution in [-0.4, -0.2) is 0 Å². The molecule has 0 saturated heterocycles. The van der Waals surface area contributed by atoms with Crippen molar-refractivity contribution in [2.24, 2.45) is 0 Å². The summed E-state index contributed by atoms with van der Waals surface area (Å²) in [5.41, 5.74) is 3.93. The van der Waals surface area contributed by atoms with Crippen LogP contribution in [0.2, 0.25) is 0 Å². The second-order valence-corrected chi connectivity index (χ2v) is 6.15. The summed E-state index contributed by atoms with van der Waals surface area (Å²) in [5.74, 6) is -0.459. The molecular formula is C20H22F2. The van der Waals surface area contributed by atoms with Gasteiger partial charge in [-0.2, -0.15) is 0 Å². The Morgan fingerprint density at radius 3 is 2.41 bits per heavy atom. The van der Waals surface area contributed by atoms with Crippen LogP contribution in [-0.2, 0) is 6.42 Å². The Morgan fingerprint density at radius 2 is 1.68 bits per heavy atom. The lowest BCUT2D eigenvalue weighted by Crippen LogP contribution is -2.03. The SMILES string of the molecule is CCCCc1ccc2c(c1F)C(CCC)c1c(F)cccc1-2. The van der Waals surface area contributed by atoms with Crippen LogP contribution in [0.1, 0.15) is 62.1 Å². The Kier molecular flexibility index (Phi) is 4.28. The molecular weight excluding hydrogens is 278 g/mol. The van der Waals surface area contributed by atoms with E-state index < -0.39 is 0 Å². The van der Waals surface area contributed by atoms with Gasteiger partial charge in [-0.3, -0.25) is 0 Å². The van der Waals surface area contributed by atoms with Gasteiger partial charge in [0.15, 0.2) is 0 Å². The van der Waals surface area contributed by atoms with Crippen molar-refractivity contribution in [1.29, 1.82) is 0 Å². The smallest absolute Gasteiger partial charge is 0.130 e. The molecule has 0 spiro atoms. The van der Waals surface area contributed by atoms with E-state index in [0.717, 1.165) is 54.4 Å². The van der Waals surface area contributed by atoms with Gasteiger partial charge < -0.3 is 0 Å². The van der Waals surface area contributed by atoms with Gasteiger partial charge in [0.1, 0.15) is 11.6 Å². The van der Waals surface area contributed by atoms with Crippen molar-refractivity contribution >= 4 is 0 Å². The molecule has 1 aliphatic carbocycles. The Morgan fingerprint density at radius 1 is 0.909 bits per heavy atom. The maximum Gasteiger partial charge on any atom is 0.130 e. The van der Waals surface area contributed by atoms with E-state index in [1.165, 1.54) is 6.07 Å². The van der Waals surface area contributed by atoms with Gasteiger partial charge in [0.05, 0.1) is 0 Å². The highest BCUT2D eigenvalue weighted by atomic mass is 19.1. The highest BCUT2D eigenvalue weighted by Crippen LogP contribution is 2.49. The monoisotopic (exact) mass is 300 g/mol. The van der Waals surface area contributed by atoms with E-state index in [1.807, 2.05) is 18.2 Å². The highest BCUT2D eigenvalue weighted by Gasteiger charge is 2.33. The number of hydrogen-bond donors (Lipinski definition) is 0. The summed E-state index contributed by atoms with van der Waals surface area (Å²) in [5, 5.41) is 0. The molecule has 1 aliphatic rings. The van der Waals surface area contributed by atoms with Crippen LogP contribution in [0.3, 0.4) is 0 Å². The third kappa shape index (κ3) is 2.35. The van der Waals surface area contributed by atoms with Crippen molar-refractivity contribution in [1.82, 2.24) is 0 Å². The fraction of sp³-hybridized carbons (Fsp3) is 0.400. The van der Waals surface area contributed by atoms with E-state index in [9.17, 15) is 4.39 Å². The molecule has 0 N–H and O–H groups in total. The fourth-order valence-electron chi connectivity index (χ4n) is 3.62. The molecule has 0 fully saturated rings. The van der Waals surface area contributed by atoms with Gasteiger partial charge in [-0.1, -0.05) is 51.0 Å². The fourth-order valence-corrected chi connectivity index (χ4v) is 3.62. The molecule has 2 heteroatoms. The summed E-state index contributed by atoms with van der Waals surface area (Å²) >= 11 is 0. The Hall–Kier alpha value is -1.70. The molecule has 3 rings (SSSR count). The van der Waals surface area contributed by atoms with E-state index in [2.05, 4.69) is 13.8 Å². The average Bonchev–Trinajstić information content (AvgIpc) is 2.83. The summed E-state index contributed by atoms with van der Waals surface area (Å²) in [6, 6.07) is 8.99. The summed E-state index contributed by atoms with van der Waals surface area (Å²) < 4.78 is 29.4. The minimum absolute atomic E-state index is 0.111. The first-order valence-corrected chi connectivity index (χ1v) is 8.29. The lowest BCUT2D eigenvalue weighted by molar-refractivity contribution is 0.554. The van der Waals surface area contributed by atoms with E-state index in [-0.39, 0.29) is 17.6 Å². The molecule has 2 aromatic carbocycles. The van der Waals surface area contributed by atoms with Gasteiger partial charge >= 0.3 is 0 Å². The van der Waals surface area contributed by atoms with Crippen LogP contribution in [0.5, 0.6) is 0 Å². The van der Waals surface area contributed by atoms with Crippen molar-refractivity contribution in [3.8, 4) is 11.1 Å². The standard InChI is InChI=1S/C20H22F2/c1-3-5-8-13-11-12-15-14-9-6-10-17(21)18(14)16(7-4-2)19(15)20(13)22/h6,9-12,16H,3-5,7-8H2,1-2H3. The maximum atomic E-state index is 15.0. The van der Waals surface area contributed by atoms with E-state index in [4.69, 9.17) is 0 Å². The molecule has 0 nitrogen and oxygen atoms in total. The number of halogens is 2. The molecule has 0 aliphatic heterocycles. The molecule has 0 aromatic heterocycles. The second kappa shape index (κ2) is 6.20. The molecule has 0 heterocycles. The number of unbranched alkanes of at least 4 members (excludes halogenated alkanes) is 1. The van der Waals surface area contributed by atoms with Crippen molar-refractivity contribution in [3.63, 3.8) is 0 Å². The van der Waals surface area contributed by atoms with E-state index >= 15 is 4.39 Å². The van der Waals surface area contributed by atoms with Crippen LogP contribution < -0.4 is 0 Å². The zero-order chi connectivity index (χ0) is 15.7. The molecule has 0 bridgehead atoms. The van der Waals surface area contributed by atoms with Crippen LogP contribution in [0.25, 0.3) is 11.1 Å². The van der Waals surface area contributed by atoms with Crippen LogP contribution in [0.15, 0.2) is 30.3 Å². The summed E-state index contributed by atoms with van der Waals surface area (Å²) in [7, 11) is 0. The first kappa shape index (κ1) is 15.2. The van der Waals surface area contributed by atoms with E-state index in [0.29, 0.717) is 5.56 Å². The number of aryl methyl sites for hydroxylation is 1. The molecule has 2 aromatic rings. The summed E-state index contributed by atoms with van der Waals surface area (Å²) in [4.78, 5) is 0. The molecule has 0 amide bonds. The van der Waals surface area contributed by atoms with Crippen LogP contribution >= 0.6 is 0 Å². The zero-order valence-corrected chi connectivity index (χ0v) is 13.3. The largest absolute Gasteiger partial charge is 0.207 e. The normalized spacial score (nSPS) is 15.7. The predicted octanol–water partition coefficient (Wildman–Crippen LogP) is 6.22. The van der Waals surface area contributed by atoms with Crippen molar-refractivity contribution in [2.45, 2.75) is 51.9 Å². The highest BCUT2D eigenvalue weighted by molar-refractivity contribution is 5.79. The van der Waals surface area contributed by atoms with Gasteiger partial charge in [-0.05, 0) is 42.0 Å². The molecule has 0 saturated carbocycles. The van der Waals surface area contributed by atoms with Gasteiger partial charge in [-0.25, -0.2) is 8.78 Å². The lowest BCUT2D eigenvalue weighted by Gasteiger charge is -2.15. The first-order valence-electron chi connectivity index (χ1n) is 8.29. The maximum absolute atomic E-state index is 15.0. The first-order chi connectivity index (χ1) is 10.7. The van der Waals surface area contributed by atoms with Gasteiger partial charge in [0, 0.05) is 17.0 Å². The topological polar surface area (TPSA) is 0 Å². The third-order valence-corrected chi connectivity index (χ3v) is 4.68. The quantitative estimate of drug-likeness (QED) is 0.615. The minimum Gasteiger partial charge on any atom is -0.207 e. The molecule has 1 unspecified atom stereocenters. The number of hydrogen-bond acceptors (Lipinski definition) is 0. The Balaban J connectivity index is 2.15. The number of rotatable bonds is 5. The van der Waals surface area contributed by atoms with Crippen LogP contribution in [0, 0.1) is 11.6 Å². The summed E-state index contributed by atoms with van der Waals surface area (Å²) in [6.07, 6.45) is 4.48. The second-order valence-electron chi connectivity index (χ2n) is 6.15. The van der Waals surface area contributed by atoms with Crippen molar-refractivity contribution < 1.29 is 8.78 Å². The third-order valence-electron chi connectivity index (χ3n) is 4.68. The average molecular weight is 300 g/mol.